The molecule has 10 N–H and O–H groups in total. The highest BCUT2D eigenvalue weighted by Gasteiger charge is 2.51. The van der Waals surface area contributed by atoms with Crippen LogP contribution >= 0.6 is 14.5 Å². The monoisotopic (exact) mass is 636 g/mol. The van der Waals surface area contributed by atoms with Crippen LogP contribution in [0.25, 0.3) is 11.2 Å². The van der Waals surface area contributed by atoms with Gasteiger partial charge in [-0.3, -0.25) is 9.09 Å². The van der Waals surface area contributed by atoms with E-state index in [1.165, 1.54) is 23.2 Å². The maximum Gasteiger partial charge on any atom is 0.481 e. The third-order valence-electron chi connectivity index (χ3n) is 6.09. The van der Waals surface area contributed by atoms with Crippen molar-refractivity contribution in [3.63, 3.8) is 0 Å². The van der Waals surface area contributed by atoms with E-state index in [4.69, 9.17) is 24.8 Å². The largest absolute Gasteiger partial charge is 0.481 e. The average Bonchev–Trinajstić information content (AvgIpc) is 3.43. The number of aromatic nitrogens is 3. The van der Waals surface area contributed by atoms with Gasteiger partial charge in [-0.25, -0.2) is 23.2 Å². The zero-order valence-electron chi connectivity index (χ0n) is 20.0. The molecule has 5 unspecified atom stereocenters. The third-order valence-corrected chi connectivity index (χ3v) is 9.60. The first-order valence-electron chi connectivity index (χ1n) is 11.4. The number of aliphatic hydroxyl groups excluding tert-OH is 6. The Morgan fingerprint density at radius 1 is 1.10 bits per heavy atom. The van der Waals surface area contributed by atoms with E-state index in [1.54, 1.807) is 0 Å². The van der Waals surface area contributed by atoms with E-state index in [1.807, 2.05) is 0 Å². The molecule has 0 spiro atoms. The van der Waals surface area contributed by atoms with E-state index < -0.39 is 89.2 Å². The Bertz CT molecular complexity index is 1290. The highest BCUT2D eigenvalue weighted by atomic mass is 32.5. The van der Waals surface area contributed by atoms with Crippen LogP contribution in [0.15, 0.2) is 18.6 Å². The molecule has 4 rings (SSSR count). The minimum absolute atomic E-state index is 0.233. The second kappa shape index (κ2) is 12.1. The quantitative estimate of drug-likeness (QED) is 0.119. The van der Waals surface area contributed by atoms with Gasteiger partial charge in [0, 0.05) is 6.20 Å². The van der Waals surface area contributed by atoms with E-state index in [0.29, 0.717) is 11.2 Å². The molecule has 0 bridgehead atoms. The number of fused-ring (bicyclic) bond motifs is 1. The van der Waals surface area contributed by atoms with Crippen LogP contribution in [-0.2, 0) is 39.2 Å². The van der Waals surface area contributed by atoms with E-state index in [0.717, 1.165) is 0 Å². The van der Waals surface area contributed by atoms with Gasteiger partial charge in [0.1, 0.15) is 48.2 Å². The second-order valence-electron chi connectivity index (χ2n) is 8.83. The Kier molecular flexibility index (Phi) is 9.60. The molecule has 0 radical (unpaired) electrons. The lowest BCUT2D eigenvalue weighted by atomic mass is 9.96. The lowest BCUT2D eigenvalue weighted by molar-refractivity contribution is -0.287. The Hall–Kier alpha value is -1.29. The fourth-order valence-corrected chi connectivity index (χ4v) is 7.17. The summed E-state index contributed by atoms with van der Waals surface area (Å²) in [7, 11) is -5.48. The van der Waals surface area contributed by atoms with Gasteiger partial charge in [0.15, 0.2) is 24.3 Å². The molecule has 4 heterocycles. The van der Waals surface area contributed by atoms with Crippen molar-refractivity contribution < 1.29 is 72.2 Å². The Morgan fingerprint density at radius 3 is 2.48 bits per heavy atom. The van der Waals surface area contributed by atoms with Crippen molar-refractivity contribution in [3.8, 4) is 0 Å². The van der Waals surface area contributed by atoms with Crippen LogP contribution in [0.2, 0.25) is 0 Å². The van der Waals surface area contributed by atoms with Crippen LogP contribution in [0.5, 0.6) is 0 Å². The molecule has 226 valence electrons. The fraction of sp³-hybridized carbons (Fsp3) is 0.667. The number of nitrogens with two attached hydrogens (primary N) is 1. The van der Waals surface area contributed by atoms with Crippen LogP contribution in [0.1, 0.15) is 6.23 Å². The first-order chi connectivity index (χ1) is 18.7. The van der Waals surface area contributed by atoms with Crippen molar-refractivity contribution in [1.29, 1.82) is 0 Å². The molecule has 12 atom stereocenters. The maximum absolute atomic E-state index is 13.9. The van der Waals surface area contributed by atoms with Gasteiger partial charge >= 0.3 is 14.5 Å². The Balaban J connectivity index is 1.38. The summed E-state index contributed by atoms with van der Waals surface area (Å²) in [6.07, 6.45) is -15.9. The van der Waals surface area contributed by atoms with Crippen molar-refractivity contribution in [2.45, 2.75) is 61.4 Å². The predicted octanol–water partition coefficient (Wildman–Crippen LogP) is -2.86. The highest BCUT2D eigenvalue weighted by molar-refractivity contribution is 8.08. The molecular weight excluding hydrogens is 609 g/mol. The topological polar surface area (TPSA) is 282 Å². The summed E-state index contributed by atoms with van der Waals surface area (Å²) >= 11 is 4.69. The highest BCUT2D eigenvalue weighted by Crippen LogP contribution is 2.61. The van der Waals surface area contributed by atoms with Gasteiger partial charge in [-0.05, 0) is 17.9 Å². The zero-order valence-corrected chi connectivity index (χ0v) is 22.7. The first kappa shape index (κ1) is 31.6. The van der Waals surface area contributed by atoms with E-state index in [-0.39, 0.29) is 5.65 Å². The minimum atomic E-state index is -5.48. The van der Waals surface area contributed by atoms with Crippen molar-refractivity contribution in [2.24, 2.45) is 0 Å². The SMILES string of the molecule is Nc1ccnc2c1ncn2[C@@H]1O[C@H](COP(O)(=S)OP(=O)(O)O[C@@H]2OC([C@@H](F)CO)[C@@H](O)[C@H](O)C2O)C(O)[C@@H]1O. The zero-order chi connectivity index (χ0) is 29.6. The van der Waals surface area contributed by atoms with Gasteiger partial charge < -0.3 is 60.2 Å². The molecule has 18 nitrogen and oxygen atoms in total. The van der Waals surface area contributed by atoms with Gasteiger partial charge in [-0.1, -0.05) is 0 Å². The van der Waals surface area contributed by atoms with Crippen LogP contribution in [0.4, 0.5) is 10.1 Å². The van der Waals surface area contributed by atoms with Crippen molar-refractivity contribution in [3.05, 3.63) is 18.6 Å². The van der Waals surface area contributed by atoms with Crippen molar-refractivity contribution >= 4 is 43.2 Å². The number of aliphatic hydroxyl groups is 6. The van der Waals surface area contributed by atoms with E-state index in [2.05, 4.69) is 30.6 Å². The number of rotatable bonds is 10. The van der Waals surface area contributed by atoms with E-state index >= 15 is 0 Å². The summed E-state index contributed by atoms with van der Waals surface area (Å²) in [6, 6.07) is 1.51. The molecule has 0 aromatic carbocycles. The van der Waals surface area contributed by atoms with Gasteiger partial charge in [-0.2, -0.15) is 0 Å². The predicted molar refractivity (Wildman–Crippen MR) is 131 cm³/mol. The number of nitrogens with zero attached hydrogens (tertiary/aromatic N) is 3. The lowest BCUT2D eigenvalue weighted by Gasteiger charge is -2.41. The molecule has 22 heteroatoms. The number of pyridine rings is 1. The molecule has 2 fully saturated rings. The number of hydrogen-bond donors (Lipinski definition) is 9. The smallest absolute Gasteiger partial charge is 0.397 e. The first-order valence-corrected chi connectivity index (χ1v) is 15.5. The number of halogens is 1. The summed E-state index contributed by atoms with van der Waals surface area (Å²) in [5, 5.41) is 59.6. The molecule has 2 saturated heterocycles. The summed E-state index contributed by atoms with van der Waals surface area (Å²) in [5.41, 5.74) is 6.69. The number of alkyl halides is 1. The number of hydrogen-bond acceptors (Lipinski definition) is 16. The number of anilines is 1. The van der Waals surface area contributed by atoms with Crippen molar-refractivity contribution in [2.75, 3.05) is 18.9 Å². The molecule has 2 aromatic heterocycles. The summed E-state index contributed by atoms with van der Waals surface area (Å²) in [4.78, 5) is 28.5. The normalized spacial score (nSPS) is 36.8. The second-order valence-corrected chi connectivity index (χ2v) is 13.2. The van der Waals surface area contributed by atoms with E-state index in [9.17, 15) is 44.3 Å². The van der Waals surface area contributed by atoms with Gasteiger partial charge in [0.05, 0.1) is 25.2 Å². The Morgan fingerprint density at radius 2 is 1.80 bits per heavy atom. The molecule has 40 heavy (non-hydrogen) atoms. The van der Waals surface area contributed by atoms with Crippen molar-refractivity contribution in [1.82, 2.24) is 14.5 Å². The lowest BCUT2D eigenvalue weighted by Crippen LogP contribution is -2.60. The number of phosphoric ester groups is 1. The maximum atomic E-state index is 13.9. The number of imidazole rings is 1. The molecule has 2 aromatic rings. The molecule has 0 amide bonds. The summed E-state index contributed by atoms with van der Waals surface area (Å²) in [6.45, 7) is -6.61. The molecule has 0 saturated carbocycles. The Labute approximate surface area is 229 Å². The number of nitrogen functional groups attached to an aromatic ring is 1. The third kappa shape index (κ3) is 6.52. The average molecular weight is 636 g/mol. The summed E-state index contributed by atoms with van der Waals surface area (Å²) < 4.78 is 52.1. The fourth-order valence-electron chi connectivity index (χ4n) is 4.07. The minimum Gasteiger partial charge on any atom is -0.397 e. The molecule has 0 aliphatic carbocycles. The number of phosphoric acid groups is 1. The van der Waals surface area contributed by atoms with Crippen LogP contribution < -0.4 is 5.73 Å². The molecule has 2 aliphatic heterocycles. The standard InChI is InChI=1S/C18H27FN4O14P2S/c19-6(3-24)15-12(27)11(26)14(29)18(35-15)36-38(30,31)37-39(32,40)33-4-8-10(25)13(28)17(34-8)23-5-22-9-7(20)1-2-21-16(9)23/h1-2,5-6,8,10-15,17-18,24-29H,3-4H2,(H2,20,21)(H,30,31)(H,32,40)/t6-,8+,10?,11-,12-,13-,14?,15?,17+,18-,39?/m0/s1. The van der Waals surface area contributed by atoms with Crippen LogP contribution in [-0.4, -0.2) is 123 Å². The molecule has 2 aliphatic rings. The van der Waals surface area contributed by atoms with Gasteiger partial charge in [-0.15, -0.1) is 0 Å². The van der Waals surface area contributed by atoms with Crippen LogP contribution in [0, 0.1) is 0 Å². The van der Waals surface area contributed by atoms with Crippen LogP contribution in [0.3, 0.4) is 0 Å². The van der Waals surface area contributed by atoms with Gasteiger partial charge in [0.25, 0.3) is 0 Å². The van der Waals surface area contributed by atoms with Gasteiger partial charge in [0.2, 0.25) is 0 Å². The summed E-state index contributed by atoms with van der Waals surface area (Å²) in [5.74, 6) is 0. The molecular formula is C18H27FN4O14P2S. The number of ether oxygens (including phenoxy) is 2.